The summed E-state index contributed by atoms with van der Waals surface area (Å²) < 4.78 is 6.00. The van der Waals surface area contributed by atoms with Crippen molar-refractivity contribution in [3.05, 3.63) is 120 Å². The van der Waals surface area contributed by atoms with Crippen molar-refractivity contribution in [1.82, 2.24) is 20.1 Å². The van der Waals surface area contributed by atoms with Crippen LogP contribution in [0, 0.1) is 0 Å². The van der Waals surface area contributed by atoms with E-state index in [-0.39, 0.29) is 11.9 Å². The highest BCUT2D eigenvalue weighted by atomic mass is 16.5. The molecule has 36 heavy (non-hydrogen) atoms. The zero-order valence-corrected chi connectivity index (χ0v) is 20.0. The number of pyridine rings is 1. The topological polar surface area (TPSA) is 74.8 Å². The molecule has 5 rings (SSSR count). The van der Waals surface area contributed by atoms with E-state index in [1.807, 2.05) is 72.8 Å². The van der Waals surface area contributed by atoms with Gasteiger partial charge in [0.05, 0.1) is 23.9 Å². The smallest absolute Gasteiger partial charge is 0.322 e. The third kappa shape index (κ3) is 4.86. The quantitative estimate of drug-likeness (QED) is 0.465. The summed E-state index contributed by atoms with van der Waals surface area (Å²) in [6, 6.07) is 22.5. The van der Waals surface area contributed by atoms with Gasteiger partial charge in [-0.15, -0.1) is 6.58 Å². The third-order valence-corrected chi connectivity index (χ3v) is 6.41. The maximum Gasteiger partial charge on any atom is 0.322 e. The van der Waals surface area contributed by atoms with Crippen LogP contribution >= 0.6 is 0 Å². The number of ether oxygens (including phenoxy) is 1. The lowest BCUT2D eigenvalue weighted by Crippen LogP contribution is -2.47. The van der Waals surface area contributed by atoms with E-state index in [0.29, 0.717) is 44.0 Å². The summed E-state index contributed by atoms with van der Waals surface area (Å²) in [7, 11) is 0. The summed E-state index contributed by atoms with van der Waals surface area (Å²) in [5.74, 6) is 0.606. The number of hydrogen-bond acceptors (Lipinski definition) is 4. The fourth-order valence-electron chi connectivity index (χ4n) is 4.62. The van der Waals surface area contributed by atoms with Gasteiger partial charge in [0.1, 0.15) is 12.4 Å². The predicted molar refractivity (Wildman–Crippen MR) is 137 cm³/mol. The van der Waals surface area contributed by atoms with Crippen LogP contribution in [-0.2, 0) is 17.8 Å². The van der Waals surface area contributed by atoms with Crippen LogP contribution in [0.3, 0.4) is 0 Å². The molecule has 7 nitrogen and oxygen atoms in total. The van der Waals surface area contributed by atoms with Crippen molar-refractivity contribution >= 4 is 11.9 Å². The lowest BCUT2D eigenvalue weighted by Gasteiger charge is -2.33. The molecular formula is C29H28N4O3. The molecule has 0 aliphatic carbocycles. The number of aromatic nitrogens is 1. The number of hydrogen-bond donors (Lipinski definition) is 1. The Labute approximate surface area is 210 Å². The molecular weight excluding hydrogens is 452 g/mol. The maximum absolute atomic E-state index is 13.6. The summed E-state index contributed by atoms with van der Waals surface area (Å²) >= 11 is 0. The second kappa shape index (κ2) is 10.5. The molecule has 2 aliphatic heterocycles. The van der Waals surface area contributed by atoms with Gasteiger partial charge in [0.15, 0.2) is 0 Å². The molecule has 1 N–H and O–H groups in total. The number of carbonyl (C=O) groups excluding carboxylic acids is 2. The van der Waals surface area contributed by atoms with Crippen molar-refractivity contribution in [1.29, 1.82) is 0 Å². The van der Waals surface area contributed by atoms with Gasteiger partial charge in [-0.3, -0.25) is 14.7 Å². The van der Waals surface area contributed by atoms with Gasteiger partial charge in [-0.25, -0.2) is 4.79 Å². The fraction of sp³-hybridized carbons (Fsp3) is 0.207. The van der Waals surface area contributed by atoms with Gasteiger partial charge in [0.2, 0.25) is 0 Å². The first-order valence-corrected chi connectivity index (χ1v) is 12.0. The Morgan fingerprint density at radius 3 is 2.67 bits per heavy atom. The molecule has 3 heterocycles. The second-order valence-corrected chi connectivity index (χ2v) is 8.79. The summed E-state index contributed by atoms with van der Waals surface area (Å²) in [6.45, 7) is 5.45. The van der Waals surface area contributed by atoms with Crippen LogP contribution in [-0.4, -0.2) is 46.4 Å². The Morgan fingerprint density at radius 1 is 1.06 bits per heavy atom. The van der Waals surface area contributed by atoms with Crippen molar-refractivity contribution in [2.75, 3.05) is 19.6 Å². The molecule has 2 aliphatic rings. The average Bonchev–Trinajstić information content (AvgIpc) is 3.25. The van der Waals surface area contributed by atoms with Gasteiger partial charge in [-0.05, 0) is 35.4 Å². The first kappa shape index (κ1) is 23.4. The van der Waals surface area contributed by atoms with Gasteiger partial charge in [0, 0.05) is 31.4 Å². The lowest BCUT2D eigenvalue weighted by atomic mass is 9.95. The molecule has 1 atom stereocenters. The predicted octanol–water partition coefficient (Wildman–Crippen LogP) is 4.25. The number of nitrogens with zero attached hydrogens (tertiary/aromatic N) is 3. The largest absolute Gasteiger partial charge is 0.489 e. The van der Waals surface area contributed by atoms with E-state index in [0.717, 1.165) is 22.5 Å². The van der Waals surface area contributed by atoms with Gasteiger partial charge in [0.25, 0.3) is 5.91 Å². The molecule has 0 saturated heterocycles. The van der Waals surface area contributed by atoms with E-state index in [1.165, 1.54) is 0 Å². The Morgan fingerprint density at radius 2 is 1.89 bits per heavy atom. The number of amides is 3. The molecule has 0 spiro atoms. The minimum Gasteiger partial charge on any atom is -0.489 e. The molecule has 0 fully saturated rings. The molecule has 0 bridgehead atoms. The van der Waals surface area contributed by atoms with E-state index in [9.17, 15) is 9.59 Å². The van der Waals surface area contributed by atoms with Gasteiger partial charge in [-0.2, -0.15) is 0 Å². The molecule has 1 aromatic heterocycles. The number of rotatable bonds is 9. The van der Waals surface area contributed by atoms with Crippen molar-refractivity contribution in [2.45, 2.75) is 19.1 Å². The van der Waals surface area contributed by atoms with Crippen molar-refractivity contribution in [3.63, 3.8) is 0 Å². The minimum atomic E-state index is -0.554. The Hall–Kier alpha value is -4.39. The average molecular weight is 481 g/mol. The van der Waals surface area contributed by atoms with Gasteiger partial charge in [-0.1, -0.05) is 54.6 Å². The normalized spacial score (nSPS) is 17.2. The van der Waals surface area contributed by atoms with E-state index < -0.39 is 6.04 Å². The number of benzene rings is 2. The highest BCUT2D eigenvalue weighted by Crippen LogP contribution is 2.37. The first-order valence-electron chi connectivity index (χ1n) is 12.0. The second-order valence-electron chi connectivity index (χ2n) is 8.79. The molecule has 3 amide bonds. The molecule has 0 unspecified atom stereocenters. The van der Waals surface area contributed by atoms with Crippen LogP contribution in [0.2, 0.25) is 0 Å². The lowest BCUT2D eigenvalue weighted by molar-refractivity contribution is -0.125. The monoisotopic (exact) mass is 480 g/mol. The summed E-state index contributed by atoms with van der Waals surface area (Å²) in [6.07, 6.45) is 4.06. The van der Waals surface area contributed by atoms with Crippen LogP contribution in [0.1, 0.15) is 22.9 Å². The van der Waals surface area contributed by atoms with Crippen LogP contribution in [0.25, 0.3) is 0 Å². The number of nitrogens with one attached hydrogen (secondary N) is 1. The Balaban J connectivity index is 1.39. The third-order valence-electron chi connectivity index (χ3n) is 6.41. The minimum absolute atomic E-state index is 0.0735. The SMILES string of the molecule is C=CCN1C(=O)N[C@@H](c2cccc(OCc3ccccc3)c2)C2=C1CN(CCc1ccccn1)C2=O. The van der Waals surface area contributed by atoms with Gasteiger partial charge < -0.3 is 15.0 Å². The van der Waals surface area contributed by atoms with E-state index >= 15 is 0 Å². The van der Waals surface area contributed by atoms with Gasteiger partial charge >= 0.3 is 6.03 Å². The standard InChI is InChI=1S/C29H28N4O3/c1-2-16-33-25-19-32(17-14-23-12-6-7-15-30-23)28(34)26(25)27(31-29(33)35)22-11-8-13-24(18-22)36-20-21-9-4-3-5-10-21/h2-13,15,18,27H,1,14,16-17,19-20H2,(H,31,35)/t27-/m0/s1. The number of carbonyl (C=O) groups is 2. The van der Waals surface area contributed by atoms with Crippen LogP contribution in [0.5, 0.6) is 5.75 Å². The zero-order chi connectivity index (χ0) is 24.9. The molecule has 0 saturated carbocycles. The van der Waals surface area contributed by atoms with Crippen molar-refractivity contribution in [2.24, 2.45) is 0 Å². The Kier molecular flexibility index (Phi) is 6.80. The first-order chi connectivity index (χ1) is 17.6. The van der Waals surface area contributed by atoms with E-state index in [2.05, 4.69) is 16.9 Å². The molecule has 2 aromatic carbocycles. The van der Waals surface area contributed by atoms with Crippen molar-refractivity contribution < 1.29 is 14.3 Å². The molecule has 182 valence electrons. The van der Waals surface area contributed by atoms with Crippen LogP contribution in [0.15, 0.2) is 103 Å². The zero-order valence-electron chi connectivity index (χ0n) is 20.0. The van der Waals surface area contributed by atoms with Crippen LogP contribution < -0.4 is 10.1 Å². The highest BCUT2D eigenvalue weighted by molar-refractivity contribution is 6.01. The van der Waals surface area contributed by atoms with Crippen molar-refractivity contribution in [3.8, 4) is 5.75 Å². The summed E-state index contributed by atoms with van der Waals surface area (Å²) in [5.41, 5.74) is 4.11. The maximum atomic E-state index is 13.6. The summed E-state index contributed by atoms with van der Waals surface area (Å²) in [4.78, 5) is 34.4. The molecule has 7 heteroatoms. The number of urea groups is 1. The summed E-state index contributed by atoms with van der Waals surface area (Å²) in [5, 5.41) is 3.03. The Bertz CT molecular complexity index is 1290. The van der Waals surface area contributed by atoms with E-state index in [4.69, 9.17) is 4.74 Å². The molecule has 3 aromatic rings. The fourth-order valence-corrected chi connectivity index (χ4v) is 4.62. The van der Waals surface area contributed by atoms with Crippen LogP contribution in [0.4, 0.5) is 4.79 Å². The van der Waals surface area contributed by atoms with E-state index in [1.54, 1.807) is 22.1 Å². The highest BCUT2D eigenvalue weighted by Gasteiger charge is 2.43. The molecule has 0 radical (unpaired) electrons.